The molecule has 2 unspecified atom stereocenters. The van der Waals surface area contributed by atoms with Gasteiger partial charge in [-0.25, -0.2) is 4.79 Å². The largest absolute Gasteiger partial charge is 0.478 e. The number of aliphatic hydroxyl groups is 1. The van der Waals surface area contributed by atoms with E-state index < -0.39 is 5.97 Å². The van der Waals surface area contributed by atoms with E-state index in [9.17, 15) is 9.90 Å². The third kappa shape index (κ3) is 3.58. The summed E-state index contributed by atoms with van der Waals surface area (Å²) >= 11 is 3.42. The number of benzene rings is 1. The highest BCUT2D eigenvalue weighted by molar-refractivity contribution is 9.10. The van der Waals surface area contributed by atoms with Crippen molar-refractivity contribution in [2.75, 3.05) is 19.8 Å². The average Bonchev–Trinajstić information content (AvgIpc) is 2.43. The molecule has 1 aliphatic heterocycles. The van der Waals surface area contributed by atoms with Crippen LogP contribution in [-0.4, -0.2) is 53.0 Å². The molecular formula is C14H18BrNO4. The Balaban J connectivity index is 2.10. The molecule has 2 N–H and O–H groups in total. The molecule has 6 heteroatoms. The third-order valence-corrected chi connectivity index (χ3v) is 4.25. The van der Waals surface area contributed by atoms with Gasteiger partial charge in [0, 0.05) is 23.6 Å². The van der Waals surface area contributed by atoms with Crippen LogP contribution >= 0.6 is 15.9 Å². The maximum Gasteiger partial charge on any atom is 0.335 e. The van der Waals surface area contributed by atoms with E-state index >= 15 is 0 Å². The molecule has 0 amide bonds. The summed E-state index contributed by atoms with van der Waals surface area (Å²) in [5.74, 6) is -0.933. The Morgan fingerprint density at radius 2 is 2.30 bits per heavy atom. The fraction of sp³-hybridized carbons (Fsp3) is 0.500. The van der Waals surface area contributed by atoms with Gasteiger partial charge in [-0.1, -0.05) is 22.0 Å². The second-order valence-electron chi connectivity index (χ2n) is 5.03. The van der Waals surface area contributed by atoms with Gasteiger partial charge in [-0.2, -0.15) is 0 Å². The highest BCUT2D eigenvalue weighted by atomic mass is 79.9. The molecule has 2 atom stereocenters. The first kappa shape index (κ1) is 15.4. The SMILES string of the molecule is CC1COC(CO)CN1Cc1ccc(C(=O)O)cc1Br. The number of halogens is 1. The van der Waals surface area contributed by atoms with Crippen LogP contribution in [0.2, 0.25) is 0 Å². The van der Waals surface area contributed by atoms with Gasteiger partial charge < -0.3 is 14.9 Å². The summed E-state index contributed by atoms with van der Waals surface area (Å²) in [4.78, 5) is 13.1. The Hall–Kier alpha value is -0.950. The molecular weight excluding hydrogens is 326 g/mol. The second kappa shape index (κ2) is 6.67. The zero-order valence-corrected chi connectivity index (χ0v) is 12.8. The number of nitrogens with zero attached hydrogens (tertiary/aromatic N) is 1. The smallest absolute Gasteiger partial charge is 0.335 e. The summed E-state index contributed by atoms with van der Waals surface area (Å²) in [5.41, 5.74) is 1.30. The van der Waals surface area contributed by atoms with E-state index in [-0.39, 0.29) is 24.3 Å². The normalized spacial score (nSPS) is 23.8. The molecule has 1 aliphatic rings. The highest BCUT2D eigenvalue weighted by Gasteiger charge is 2.26. The van der Waals surface area contributed by atoms with Crippen LogP contribution in [0.4, 0.5) is 0 Å². The van der Waals surface area contributed by atoms with E-state index in [0.29, 0.717) is 19.7 Å². The highest BCUT2D eigenvalue weighted by Crippen LogP contribution is 2.23. The molecule has 1 aromatic rings. The van der Waals surface area contributed by atoms with E-state index in [1.54, 1.807) is 12.1 Å². The molecule has 0 saturated carbocycles. The van der Waals surface area contributed by atoms with Crippen LogP contribution in [-0.2, 0) is 11.3 Å². The summed E-state index contributed by atoms with van der Waals surface area (Å²) in [6.07, 6.45) is -0.150. The molecule has 1 heterocycles. The summed E-state index contributed by atoms with van der Waals surface area (Å²) in [6, 6.07) is 5.32. The number of rotatable bonds is 4. The molecule has 2 rings (SSSR count). The van der Waals surface area contributed by atoms with Crippen molar-refractivity contribution in [2.45, 2.75) is 25.6 Å². The maximum absolute atomic E-state index is 10.9. The van der Waals surface area contributed by atoms with Crippen LogP contribution in [0.25, 0.3) is 0 Å². The van der Waals surface area contributed by atoms with Gasteiger partial charge in [-0.05, 0) is 24.6 Å². The lowest BCUT2D eigenvalue weighted by Gasteiger charge is -2.37. The minimum atomic E-state index is -0.933. The Bertz CT molecular complexity index is 494. The number of carbonyl (C=O) groups is 1. The van der Waals surface area contributed by atoms with E-state index in [1.807, 2.05) is 6.07 Å². The van der Waals surface area contributed by atoms with Crippen molar-refractivity contribution in [3.05, 3.63) is 33.8 Å². The lowest BCUT2D eigenvalue weighted by atomic mass is 10.1. The first-order valence-corrected chi connectivity index (χ1v) is 7.28. The second-order valence-corrected chi connectivity index (χ2v) is 5.88. The van der Waals surface area contributed by atoms with Gasteiger partial charge in [0.25, 0.3) is 0 Å². The van der Waals surface area contributed by atoms with Crippen molar-refractivity contribution in [1.29, 1.82) is 0 Å². The fourth-order valence-corrected chi connectivity index (χ4v) is 2.74. The lowest BCUT2D eigenvalue weighted by Crippen LogP contribution is -2.48. The molecule has 1 saturated heterocycles. The molecule has 5 nitrogen and oxygen atoms in total. The van der Waals surface area contributed by atoms with Crippen LogP contribution < -0.4 is 0 Å². The van der Waals surface area contributed by atoms with Gasteiger partial charge in [0.05, 0.1) is 24.9 Å². The third-order valence-electron chi connectivity index (χ3n) is 3.51. The number of aromatic carboxylic acids is 1. The molecule has 1 fully saturated rings. The van der Waals surface area contributed by atoms with E-state index in [2.05, 4.69) is 27.8 Å². The van der Waals surface area contributed by atoms with Crippen LogP contribution in [0.3, 0.4) is 0 Å². The van der Waals surface area contributed by atoms with Crippen LogP contribution in [0.1, 0.15) is 22.8 Å². The van der Waals surface area contributed by atoms with Crippen molar-refractivity contribution in [2.24, 2.45) is 0 Å². The molecule has 0 aromatic heterocycles. The molecule has 20 heavy (non-hydrogen) atoms. The monoisotopic (exact) mass is 343 g/mol. The first-order chi connectivity index (χ1) is 9.51. The zero-order valence-electron chi connectivity index (χ0n) is 11.3. The van der Waals surface area contributed by atoms with E-state index in [4.69, 9.17) is 9.84 Å². The number of ether oxygens (including phenoxy) is 1. The topological polar surface area (TPSA) is 70.0 Å². The number of hydrogen-bond acceptors (Lipinski definition) is 4. The van der Waals surface area contributed by atoms with Gasteiger partial charge in [0.2, 0.25) is 0 Å². The van der Waals surface area contributed by atoms with Gasteiger partial charge in [-0.15, -0.1) is 0 Å². The summed E-state index contributed by atoms with van der Waals surface area (Å²) in [5, 5.41) is 18.1. The Morgan fingerprint density at radius 1 is 1.55 bits per heavy atom. The number of hydrogen-bond donors (Lipinski definition) is 2. The molecule has 0 radical (unpaired) electrons. The molecule has 0 bridgehead atoms. The van der Waals surface area contributed by atoms with Crippen molar-refractivity contribution in [1.82, 2.24) is 4.90 Å². The minimum Gasteiger partial charge on any atom is -0.478 e. The van der Waals surface area contributed by atoms with Gasteiger partial charge in [-0.3, -0.25) is 4.90 Å². The Morgan fingerprint density at radius 3 is 2.90 bits per heavy atom. The summed E-state index contributed by atoms with van der Waals surface area (Å²) < 4.78 is 6.30. The Labute approximate surface area is 126 Å². The van der Waals surface area contributed by atoms with Crippen LogP contribution in [0.5, 0.6) is 0 Å². The standard InChI is InChI=1S/C14H18BrNO4/c1-9-8-20-12(7-17)6-16(9)5-11-3-2-10(14(18)19)4-13(11)15/h2-4,9,12,17H,5-8H2,1H3,(H,18,19). The first-order valence-electron chi connectivity index (χ1n) is 6.49. The summed E-state index contributed by atoms with van der Waals surface area (Å²) in [6.45, 7) is 4.05. The average molecular weight is 344 g/mol. The molecule has 110 valence electrons. The predicted octanol–water partition coefficient (Wildman–Crippen LogP) is 1.73. The van der Waals surface area contributed by atoms with Crippen LogP contribution in [0.15, 0.2) is 22.7 Å². The number of carboxylic acids is 1. The molecule has 0 aliphatic carbocycles. The van der Waals surface area contributed by atoms with Crippen molar-refractivity contribution in [3.63, 3.8) is 0 Å². The van der Waals surface area contributed by atoms with Gasteiger partial charge in [0.1, 0.15) is 0 Å². The predicted molar refractivity (Wildman–Crippen MR) is 77.8 cm³/mol. The van der Waals surface area contributed by atoms with Gasteiger partial charge >= 0.3 is 5.97 Å². The summed E-state index contributed by atoms with van der Waals surface area (Å²) in [7, 11) is 0. The van der Waals surface area contributed by atoms with E-state index in [0.717, 1.165) is 10.0 Å². The van der Waals surface area contributed by atoms with Crippen LogP contribution in [0, 0.1) is 0 Å². The number of carboxylic acid groups (broad SMARTS) is 1. The lowest BCUT2D eigenvalue weighted by molar-refractivity contribution is -0.0806. The Kier molecular flexibility index (Phi) is 5.15. The fourth-order valence-electron chi connectivity index (χ4n) is 2.23. The van der Waals surface area contributed by atoms with Crippen molar-refractivity contribution in [3.8, 4) is 0 Å². The van der Waals surface area contributed by atoms with Crippen molar-refractivity contribution >= 4 is 21.9 Å². The van der Waals surface area contributed by atoms with E-state index in [1.165, 1.54) is 0 Å². The molecule has 0 spiro atoms. The minimum absolute atomic E-state index is 0.0162. The maximum atomic E-state index is 10.9. The van der Waals surface area contributed by atoms with Crippen molar-refractivity contribution < 1.29 is 19.7 Å². The number of morpholine rings is 1. The molecule has 1 aromatic carbocycles. The zero-order chi connectivity index (χ0) is 14.7. The number of aliphatic hydroxyl groups excluding tert-OH is 1. The van der Waals surface area contributed by atoms with Gasteiger partial charge in [0.15, 0.2) is 0 Å². The quantitative estimate of drug-likeness (QED) is 0.871.